The molecule has 0 aromatic heterocycles. The van der Waals surface area contributed by atoms with E-state index in [1.165, 1.54) is 12.0 Å². The van der Waals surface area contributed by atoms with Crippen molar-refractivity contribution < 1.29 is 24.2 Å². The first kappa shape index (κ1) is 15.1. The van der Waals surface area contributed by atoms with E-state index in [0.29, 0.717) is 26.1 Å². The Balaban J connectivity index is 2.11. The third-order valence-corrected chi connectivity index (χ3v) is 3.98. The van der Waals surface area contributed by atoms with Crippen LogP contribution in [0, 0.1) is 0 Å². The second kappa shape index (κ2) is 5.97. The van der Waals surface area contributed by atoms with Crippen molar-refractivity contribution in [1.82, 2.24) is 9.80 Å². The molecule has 114 valence electrons. The van der Waals surface area contributed by atoms with Crippen molar-refractivity contribution >= 4 is 12.0 Å². The zero-order chi connectivity index (χ0) is 14.9. The van der Waals surface area contributed by atoms with E-state index < -0.39 is 12.0 Å². The predicted molar refractivity (Wildman–Crippen MR) is 70.5 cm³/mol. The minimum absolute atomic E-state index is 0.0285. The highest BCUT2D eigenvalue weighted by Crippen LogP contribution is 2.24. The topological polar surface area (TPSA) is 79.3 Å². The lowest BCUT2D eigenvalue weighted by Gasteiger charge is -2.39. The van der Waals surface area contributed by atoms with Crippen molar-refractivity contribution in [3.8, 4) is 0 Å². The van der Waals surface area contributed by atoms with Gasteiger partial charge in [-0.1, -0.05) is 0 Å². The third kappa shape index (κ3) is 2.88. The second-order valence-corrected chi connectivity index (χ2v) is 5.53. The van der Waals surface area contributed by atoms with Crippen molar-refractivity contribution in [2.24, 2.45) is 0 Å². The Morgan fingerprint density at radius 2 is 1.95 bits per heavy atom. The minimum atomic E-state index is -0.980. The van der Waals surface area contributed by atoms with E-state index in [1.807, 2.05) is 13.8 Å². The van der Waals surface area contributed by atoms with Crippen molar-refractivity contribution in [2.45, 2.75) is 44.6 Å². The van der Waals surface area contributed by atoms with E-state index >= 15 is 0 Å². The molecule has 7 nitrogen and oxygen atoms in total. The van der Waals surface area contributed by atoms with Crippen molar-refractivity contribution in [3.63, 3.8) is 0 Å². The van der Waals surface area contributed by atoms with Crippen molar-refractivity contribution in [3.05, 3.63) is 0 Å². The number of urea groups is 1. The van der Waals surface area contributed by atoms with E-state index in [-0.39, 0.29) is 24.3 Å². The van der Waals surface area contributed by atoms with Gasteiger partial charge in [-0.3, -0.25) is 0 Å². The van der Waals surface area contributed by atoms with E-state index in [0.717, 1.165) is 0 Å². The molecule has 2 fully saturated rings. The number of rotatable bonds is 2. The molecule has 0 spiro atoms. The van der Waals surface area contributed by atoms with Crippen LogP contribution in [-0.2, 0) is 14.3 Å². The molecule has 2 rings (SSSR count). The number of carboxylic acid groups (broad SMARTS) is 1. The fourth-order valence-electron chi connectivity index (χ4n) is 2.75. The molecule has 7 heteroatoms. The number of nitrogens with zero attached hydrogens (tertiary/aromatic N) is 2. The summed E-state index contributed by atoms with van der Waals surface area (Å²) >= 11 is 0. The number of methoxy groups -OCH3 is 1. The molecule has 2 heterocycles. The van der Waals surface area contributed by atoms with Gasteiger partial charge in [0.15, 0.2) is 0 Å². The van der Waals surface area contributed by atoms with Crippen LogP contribution >= 0.6 is 0 Å². The number of carbonyl (C=O) groups excluding carboxylic acids is 1. The Bertz CT molecular complexity index is 389. The molecule has 0 aromatic rings. The van der Waals surface area contributed by atoms with Gasteiger partial charge >= 0.3 is 12.0 Å². The van der Waals surface area contributed by atoms with E-state index in [2.05, 4.69) is 0 Å². The number of morpholine rings is 1. The Morgan fingerprint density at radius 1 is 1.25 bits per heavy atom. The molecule has 1 N–H and O–H groups in total. The van der Waals surface area contributed by atoms with E-state index in [9.17, 15) is 14.7 Å². The molecule has 2 amide bonds. The van der Waals surface area contributed by atoms with Crippen LogP contribution in [0.15, 0.2) is 0 Å². The maximum Gasteiger partial charge on any atom is 0.326 e. The molecular weight excluding hydrogens is 264 g/mol. The van der Waals surface area contributed by atoms with Crippen LogP contribution in [0.2, 0.25) is 0 Å². The molecule has 20 heavy (non-hydrogen) atoms. The smallest absolute Gasteiger partial charge is 0.326 e. The average Bonchev–Trinajstić information content (AvgIpc) is 2.85. The lowest BCUT2D eigenvalue weighted by atomic mass is 10.2. The first-order valence-electron chi connectivity index (χ1n) is 6.88. The van der Waals surface area contributed by atoms with Gasteiger partial charge in [0, 0.05) is 26.6 Å². The number of hydrogen-bond donors (Lipinski definition) is 1. The number of likely N-dealkylation sites (tertiary alicyclic amines) is 1. The summed E-state index contributed by atoms with van der Waals surface area (Å²) in [6.45, 7) is 5.10. The minimum Gasteiger partial charge on any atom is -0.480 e. The molecular formula is C13H22N2O5. The number of hydrogen-bond acceptors (Lipinski definition) is 4. The van der Waals surface area contributed by atoms with Gasteiger partial charge in [-0.2, -0.15) is 0 Å². The second-order valence-electron chi connectivity index (χ2n) is 5.53. The van der Waals surface area contributed by atoms with Gasteiger partial charge < -0.3 is 24.4 Å². The van der Waals surface area contributed by atoms with Gasteiger partial charge in [0.25, 0.3) is 0 Å². The van der Waals surface area contributed by atoms with Crippen molar-refractivity contribution in [1.29, 1.82) is 0 Å². The molecule has 0 saturated carbocycles. The maximum absolute atomic E-state index is 12.6. The van der Waals surface area contributed by atoms with Gasteiger partial charge in [-0.05, 0) is 13.8 Å². The standard InChI is InChI=1S/C13H22N2O5/c1-8-7-20-9(2)5-14(8)13(18)15-6-10(19-3)4-11(15)12(16)17/h8-11H,4-7H2,1-3H3,(H,16,17). The zero-order valence-electron chi connectivity index (χ0n) is 12.1. The number of ether oxygens (including phenoxy) is 2. The zero-order valence-corrected chi connectivity index (χ0v) is 12.1. The quantitative estimate of drug-likeness (QED) is 0.794. The largest absolute Gasteiger partial charge is 0.480 e. The first-order chi connectivity index (χ1) is 9.43. The van der Waals surface area contributed by atoms with Crippen molar-refractivity contribution in [2.75, 3.05) is 26.8 Å². The summed E-state index contributed by atoms with van der Waals surface area (Å²) in [5.74, 6) is -0.980. The number of carboxylic acids is 1. The molecule has 2 aliphatic heterocycles. The number of amides is 2. The van der Waals surface area contributed by atoms with Crippen LogP contribution < -0.4 is 0 Å². The van der Waals surface area contributed by atoms with Crippen LogP contribution in [0.1, 0.15) is 20.3 Å². The molecule has 0 aliphatic carbocycles. The highest BCUT2D eigenvalue weighted by molar-refractivity contribution is 5.83. The predicted octanol–water partition coefficient (Wildman–Crippen LogP) is 0.390. The van der Waals surface area contributed by atoms with Gasteiger partial charge in [-0.15, -0.1) is 0 Å². The first-order valence-corrected chi connectivity index (χ1v) is 6.88. The molecule has 4 unspecified atom stereocenters. The fraction of sp³-hybridized carbons (Fsp3) is 0.846. The van der Waals surface area contributed by atoms with Crippen LogP contribution in [0.25, 0.3) is 0 Å². The average molecular weight is 286 g/mol. The number of aliphatic carboxylic acids is 1. The van der Waals surface area contributed by atoms with Gasteiger partial charge in [0.1, 0.15) is 6.04 Å². The molecule has 2 saturated heterocycles. The Morgan fingerprint density at radius 3 is 2.55 bits per heavy atom. The molecule has 4 atom stereocenters. The van der Waals surface area contributed by atoms with E-state index in [1.54, 1.807) is 4.90 Å². The summed E-state index contributed by atoms with van der Waals surface area (Å²) in [5, 5.41) is 9.27. The lowest BCUT2D eigenvalue weighted by Crippen LogP contribution is -2.56. The highest BCUT2D eigenvalue weighted by atomic mass is 16.5. The van der Waals surface area contributed by atoms with Crippen LogP contribution in [0.4, 0.5) is 4.79 Å². The number of carbonyl (C=O) groups is 2. The Labute approximate surface area is 118 Å². The molecule has 2 aliphatic rings. The van der Waals surface area contributed by atoms with E-state index in [4.69, 9.17) is 9.47 Å². The molecule has 0 aromatic carbocycles. The summed E-state index contributed by atoms with van der Waals surface area (Å²) < 4.78 is 10.7. The monoisotopic (exact) mass is 286 g/mol. The third-order valence-electron chi connectivity index (χ3n) is 3.98. The van der Waals surface area contributed by atoms with Crippen LogP contribution in [-0.4, -0.2) is 78.0 Å². The Kier molecular flexibility index (Phi) is 4.49. The fourth-order valence-corrected chi connectivity index (χ4v) is 2.75. The van der Waals surface area contributed by atoms with Gasteiger partial charge in [0.2, 0.25) is 0 Å². The van der Waals surface area contributed by atoms with Gasteiger partial charge in [0.05, 0.1) is 24.9 Å². The van der Waals surface area contributed by atoms with Gasteiger partial charge in [-0.25, -0.2) is 9.59 Å². The SMILES string of the molecule is COC1CC(C(=O)O)N(C(=O)N2CC(C)OCC2C)C1. The van der Waals surface area contributed by atoms with Crippen LogP contribution in [0.5, 0.6) is 0 Å². The molecule has 0 radical (unpaired) electrons. The maximum atomic E-state index is 12.6. The summed E-state index contributed by atoms with van der Waals surface area (Å²) in [7, 11) is 1.54. The summed E-state index contributed by atoms with van der Waals surface area (Å²) in [6.07, 6.45) is 0.0966. The summed E-state index contributed by atoms with van der Waals surface area (Å²) in [6, 6.07) is -1.09. The van der Waals surface area contributed by atoms with Crippen LogP contribution in [0.3, 0.4) is 0 Å². The Hall–Kier alpha value is -1.34. The lowest BCUT2D eigenvalue weighted by molar-refractivity contribution is -0.141. The normalized spacial score (nSPS) is 34.4. The highest BCUT2D eigenvalue weighted by Gasteiger charge is 2.43. The molecule has 0 bridgehead atoms. The summed E-state index contributed by atoms with van der Waals surface area (Å²) in [5.41, 5.74) is 0. The summed E-state index contributed by atoms with van der Waals surface area (Å²) in [4.78, 5) is 27.0.